The molecule has 1 aliphatic carbocycles. The number of anilines is 2. The summed E-state index contributed by atoms with van der Waals surface area (Å²) in [6, 6.07) is 8.64. The Hall–Kier alpha value is -1.16. The summed E-state index contributed by atoms with van der Waals surface area (Å²) in [6.07, 6.45) is 3.32. The van der Waals surface area contributed by atoms with Gasteiger partial charge in [-0.3, -0.25) is 4.79 Å². The van der Waals surface area contributed by atoms with Gasteiger partial charge in [0.05, 0.1) is 0 Å². The van der Waals surface area contributed by atoms with E-state index < -0.39 is 0 Å². The number of thioether (sulfide) groups is 1. The Kier molecular flexibility index (Phi) is 3.69. The van der Waals surface area contributed by atoms with E-state index in [0.717, 1.165) is 24.2 Å². The zero-order valence-corrected chi connectivity index (χ0v) is 12.0. The van der Waals surface area contributed by atoms with Crippen molar-refractivity contribution in [2.45, 2.75) is 37.5 Å². The first kappa shape index (κ1) is 12.9. The second-order valence-electron chi connectivity index (χ2n) is 5.46. The fourth-order valence-corrected chi connectivity index (χ4v) is 3.57. The van der Waals surface area contributed by atoms with Gasteiger partial charge < -0.3 is 10.6 Å². The Balaban J connectivity index is 1.57. The van der Waals surface area contributed by atoms with Crippen molar-refractivity contribution in [1.82, 2.24) is 0 Å². The zero-order chi connectivity index (χ0) is 13.2. The molecule has 0 spiro atoms. The lowest BCUT2D eigenvalue weighted by Gasteiger charge is -2.18. The Morgan fingerprint density at radius 1 is 1.16 bits per heavy atom. The molecule has 3 nitrogen and oxygen atoms in total. The van der Waals surface area contributed by atoms with Gasteiger partial charge in [0.1, 0.15) is 0 Å². The van der Waals surface area contributed by atoms with Gasteiger partial charge in [-0.2, -0.15) is 11.8 Å². The molecule has 1 aromatic rings. The molecular formula is C15H20N2OS. The number of carbonyl (C=O) groups is 1. The van der Waals surface area contributed by atoms with Gasteiger partial charge in [0, 0.05) is 28.6 Å². The van der Waals surface area contributed by atoms with Crippen LogP contribution in [0, 0.1) is 5.92 Å². The Labute approximate surface area is 118 Å². The van der Waals surface area contributed by atoms with Crippen LogP contribution in [0.3, 0.4) is 0 Å². The van der Waals surface area contributed by atoms with Crippen LogP contribution in [0.5, 0.6) is 0 Å². The zero-order valence-electron chi connectivity index (χ0n) is 11.2. The number of nitrogens with one attached hydrogen (secondary N) is 2. The quantitative estimate of drug-likeness (QED) is 0.886. The molecule has 1 aromatic carbocycles. The summed E-state index contributed by atoms with van der Waals surface area (Å²) in [5.41, 5.74) is 2.04. The standard InChI is InChI=1S/C15H20N2OS/c1-10-14(8-9-19-10)16-12-4-6-13(7-5-12)17-15(18)11-2-3-11/h4-7,10-11,14,16H,2-3,8-9H2,1H3,(H,17,18). The van der Waals surface area contributed by atoms with E-state index in [9.17, 15) is 4.79 Å². The molecule has 2 fully saturated rings. The van der Waals surface area contributed by atoms with Crippen LogP contribution in [0.2, 0.25) is 0 Å². The van der Waals surface area contributed by atoms with E-state index in [0.29, 0.717) is 11.3 Å². The first-order chi connectivity index (χ1) is 9.22. The van der Waals surface area contributed by atoms with E-state index in [1.165, 1.54) is 12.2 Å². The maximum atomic E-state index is 11.7. The predicted molar refractivity (Wildman–Crippen MR) is 81.7 cm³/mol. The monoisotopic (exact) mass is 276 g/mol. The second kappa shape index (κ2) is 5.45. The van der Waals surface area contributed by atoms with Gasteiger partial charge >= 0.3 is 0 Å². The van der Waals surface area contributed by atoms with Gasteiger partial charge in [0.2, 0.25) is 5.91 Å². The normalized spacial score (nSPS) is 26.2. The van der Waals surface area contributed by atoms with Crippen molar-refractivity contribution < 1.29 is 4.79 Å². The van der Waals surface area contributed by atoms with Gasteiger partial charge in [0.25, 0.3) is 0 Å². The molecule has 2 aliphatic rings. The van der Waals surface area contributed by atoms with Crippen molar-refractivity contribution in [3.63, 3.8) is 0 Å². The molecular weight excluding hydrogens is 256 g/mol. The maximum Gasteiger partial charge on any atom is 0.227 e. The third-order valence-corrected chi connectivity index (χ3v) is 5.15. The number of hydrogen-bond acceptors (Lipinski definition) is 3. The second-order valence-corrected chi connectivity index (χ2v) is 6.94. The first-order valence-electron chi connectivity index (χ1n) is 7.01. The van der Waals surface area contributed by atoms with E-state index in [1.807, 2.05) is 23.9 Å². The molecule has 4 heteroatoms. The van der Waals surface area contributed by atoms with Crippen LogP contribution < -0.4 is 10.6 Å². The van der Waals surface area contributed by atoms with Crippen LogP contribution >= 0.6 is 11.8 Å². The highest BCUT2D eigenvalue weighted by Crippen LogP contribution is 2.31. The minimum Gasteiger partial charge on any atom is -0.381 e. The fraction of sp³-hybridized carbons (Fsp3) is 0.533. The Morgan fingerprint density at radius 3 is 2.42 bits per heavy atom. The molecule has 102 valence electrons. The summed E-state index contributed by atoms with van der Waals surface area (Å²) < 4.78 is 0. The molecule has 2 atom stereocenters. The molecule has 1 saturated heterocycles. The summed E-state index contributed by atoms with van der Waals surface area (Å²) >= 11 is 2.03. The summed E-state index contributed by atoms with van der Waals surface area (Å²) in [7, 11) is 0. The van der Waals surface area contributed by atoms with Gasteiger partial charge in [-0.25, -0.2) is 0 Å². The molecule has 1 saturated carbocycles. The molecule has 2 unspecified atom stereocenters. The van der Waals surface area contributed by atoms with Crippen molar-refractivity contribution >= 4 is 29.0 Å². The van der Waals surface area contributed by atoms with E-state index in [2.05, 4.69) is 29.7 Å². The molecule has 19 heavy (non-hydrogen) atoms. The summed E-state index contributed by atoms with van der Waals surface area (Å²) in [6.45, 7) is 2.28. The number of rotatable bonds is 4. The van der Waals surface area contributed by atoms with Crippen LogP contribution in [0.1, 0.15) is 26.2 Å². The highest BCUT2D eigenvalue weighted by Gasteiger charge is 2.29. The number of amides is 1. The van der Waals surface area contributed by atoms with Crippen LogP contribution in [0.4, 0.5) is 11.4 Å². The molecule has 0 aromatic heterocycles. The lowest BCUT2D eigenvalue weighted by Crippen LogP contribution is -2.24. The third kappa shape index (κ3) is 3.24. The molecule has 3 rings (SSSR count). The molecule has 1 aliphatic heterocycles. The Morgan fingerprint density at radius 2 is 1.84 bits per heavy atom. The molecule has 1 heterocycles. The maximum absolute atomic E-state index is 11.7. The number of benzene rings is 1. The van der Waals surface area contributed by atoms with Crippen LogP contribution in [-0.2, 0) is 4.79 Å². The summed E-state index contributed by atoms with van der Waals surface area (Å²) in [5, 5.41) is 7.21. The third-order valence-electron chi connectivity index (χ3n) is 3.83. The topological polar surface area (TPSA) is 41.1 Å². The van der Waals surface area contributed by atoms with Crippen molar-refractivity contribution in [3.05, 3.63) is 24.3 Å². The number of hydrogen-bond donors (Lipinski definition) is 2. The molecule has 1 amide bonds. The smallest absolute Gasteiger partial charge is 0.227 e. The molecule has 2 N–H and O–H groups in total. The first-order valence-corrected chi connectivity index (χ1v) is 8.06. The van der Waals surface area contributed by atoms with E-state index >= 15 is 0 Å². The lowest BCUT2D eigenvalue weighted by molar-refractivity contribution is -0.117. The van der Waals surface area contributed by atoms with Gasteiger partial charge in [0.15, 0.2) is 0 Å². The van der Waals surface area contributed by atoms with Crippen molar-refractivity contribution in [2.24, 2.45) is 5.92 Å². The molecule has 0 bridgehead atoms. The van der Waals surface area contributed by atoms with Crippen molar-refractivity contribution in [3.8, 4) is 0 Å². The van der Waals surface area contributed by atoms with E-state index in [1.54, 1.807) is 0 Å². The van der Waals surface area contributed by atoms with Crippen LogP contribution in [0.25, 0.3) is 0 Å². The van der Waals surface area contributed by atoms with Crippen LogP contribution in [-0.4, -0.2) is 23.0 Å². The van der Waals surface area contributed by atoms with Gasteiger partial charge in [-0.05, 0) is 49.3 Å². The minimum atomic E-state index is 0.168. The SMILES string of the molecule is CC1SCCC1Nc1ccc(NC(=O)C2CC2)cc1. The van der Waals surface area contributed by atoms with E-state index in [4.69, 9.17) is 0 Å². The average Bonchev–Trinajstić information content (AvgIpc) is 3.18. The van der Waals surface area contributed by atoms with Gasteiger partial charge in [-0.1, -0.05) is 6.92 Å². The van der Waals surface area contributed by atoms with Gasteiger partial charge in [-0.15, -0.1) is 0 Å². The fourth-order valence-electron chi connectivity index (χ4n) is 2.37. The Bertz CT molecular complexity index is 456. The highest BCUT2D eigenvalue weighted by molar-refractivity contribution is 8.00. The molecule has 0 radical (unpaired) electrons. The van der Waals surface area contributed by atoms with Crippen molar-refractivity contribution in [1.29, 1.82) is 0 Å². The van der Waals surface area contributed by atoms with Crippen LogP contribution in [0.15, 0.2) is 24.3 Å². The summed E-state index contributed by atoms with van der Waals surface area (Å²) in [5.74, 6) is 1.67. The van der Waals surface area contributed by atoms with Crippen molar-refractivity contribution in [2.75, 3.05) is 16.4 Å². The average molecular weight is 276 g/mol. The van der Waals surface area contributed by atoms with E-state index in [-0.39, 0.29) is 11.8 Å². The lowest BCUT2D eigenvalue weighted by atomic mass is 10.1. The summed E-state index contributed by atoms with van der Waals surface area (Å²) in [4.78, 5) is 11.7. The minimum absolute atomic E-state index is 0.168. The largest absolute Gasteiger partial charge is 0.381 e. The predicted octanol–water partition coefficient (Wildman–Crippen LogP) is 3.34. The highest BCUT2D eigenvalue weighted by atomic mass is 32.2. The number of carbonyl (C=O) groups excluding carboxylic acids is 1.